The van der Waals surface area contributed by atoms with Gasteiger partial charge in [-0.1, -0.05) is 12.1 Å². The maximum Gasteiger partial charge on any atom is 0.328 e. The minimum Gasteiger partial charge on any atom is -0.492 e. The number of rotatable bonds is 14. The molecule has 0 aromatic heterocycles. The first kappa shape index (κ1) is 43.7. The average Bonchev–Trinajstić information content (AvgIpc) is 3.08. The Morgan fingerprint density at radius 2 is 1.44 bits per heavy atom. The van der Waals surface area contributed by atoms with E-state index < -0.39 is 59.4 Å². The molecule has 0 saturated carbocycles. The van der Waals surface area contributed by atoms with Gasteiger partial charge in [0.15, 0.2) is 0 Å². The maximum atomic E-state index is 14.3. The maximum absolute atomic E-state index is 14.3. The molecule has 0 radical (unpaired) electrons. The number of amides is 4. The number of carbonyl (C=O) groups is 5. The highest BCUT2D eigenvalue weighted by Gasteiger charge is 2.36. The second kappa shape index (κ2) is 19.6. The van der Waals surface area contributed by atoms with Crippen LogP contribution in [0.1, 0.15) is 51.8 Å². The average molecular weight is 755 g/mol. The minimum atomic E-state index is -1.30. The van der Waals surface area contributed by atoms with E-state index in [1.165, 1.54) is 32.9 Å². The van der Waals surface area contributed by atoms with Crippen LogP contribution < -0.4 is 25.4 Å². The molecular weight excluding hydrogens is 696 g/mol. The molecule has 15 heteroatoms. The summed E-state index contributed by atoms with van der Waals surface area (Å²) in [6.45, 7) is 10.0. The van der Waals surface area contributed by atoms with E-state index in [1.54, 1.807) is 24.3 Å². The number of carbonyl (C=O) groups excluding carboxylic acids is 5. The van der Waals surface area contributed by atoms with E-state index in [-0.39, 0.29) is 13.0 Å². The lowest BCUT2D eigenvalue weighted by atomic mass is 9.93. The molecule has 54 heavy (non-hydrogen) atoms. The molecule has 3 rings (SSSR count). The highest BCUT2D eigenvalue weighted by molar-refractivity contribution is 5.96. The van der Waals surface area contributed by atoms with Gasteiger partial charge in [0.25, 0.3) is 0 Å². The number of benzene rings is 2. The molecule has 298 valence electrons. The van der Waals surface area contributed by atoms with Crippen molar-refractivity contribution in [1.29, 1.82) is 0 Å². The van der Waals surface area contributed by atoms with Crippen LogP contribution in [-0.2, 0) is 39.9 Å². The topological polar surface area (TPSA) is 168 Å². The number of nitrogens with zero attached hydrogens (tertiary/aromatic N) is 3. The number of fused-ring (bicyclic) bond motifs is 5. The Morgan fingerprint density at radius 1 is 0.870 bits per heavy atom. The predicted octanol–water partition coefficient (Wildman–Crippen LogP) is 1.77. The largest absolute Gasteiger partial charge is 0.492 e. The van der Waals surface area contributed by atoms with E-state index in [4.69, 9.17) is 18.9 Å². The summed E-state index contributed by atoms with van der Waals surface area (Å²) >= 11 is 0. The molecule has 1 aliphatic rings. The van der Waals surface area contributed by atoms with E-state index in [1.807, 2.05) is 70.9 Å². The summed E-state index contributed by atoms with van der Waals surface area (Å²) in [7, 11) is 10.4. The minimum absolute atomic E-state index is 0.0849. The first-order chi connectivity index (χ1) is 25.3. The van der Waals surface area contributed by atoms with Crippen LogP contribution in [0.25, 0.3) is 11.1 Å². The van der Waals surface area contributed by atoms with Crippen molar-refractivity contribution in [3.63, 3.8) is 0 Å². The van der Waals surface area contributed by atoms with Gasteiger partial charge in [-0.05, 0) is 91.3 Å². The summed E-state index contributed by atoms with van der Waals surface area (Å²) in [5, 5.41) is 8.10. The highest BCUT2D eigenvalue weighted by Crippen LogP contribution is 2.40. The molecule has 0 unspecified atom stereocenters. The molecule has 4 atom stereocenters. The summed E-state index contributed by atoms with van der Waals surface area (Å²) < 4.78 is 23.6. The lowest BCUT2D eigenvalue weighted by molar-refractivity contribution is -0.146. The van der Waals surface area contributed by atoms with E-state index in [0.717, 1.165) is 0 Å². The molecular formula is C39H58N6O9. The van der Waals surface area contributed by atoms with Gasteiger partial charge < -0.3 is 49.6 Å². The molecule has 0 saturated heterocycles. The number of esters is 1. The molecule has 0 aliphatic carbocycles. The molecule has 0 spiro atoms. The molecule has 2 aromatic rings. The third kappa shape index (κ3) is 12.7. The number of nitrogens with one attached hydrogen (secondary N) is 3. The van der Waals surface area contributed by atoms with Crippen molar-refractivity contribution in [1.82, 2.24) is 30.7 Å². The van der Waals surface area contributed by atoms with Crippen LogP contribution in [0.4, 0.5) is 0 Å². The predicted molar refractivity (Wildman–Crippen MR) is 204 cm³/mol. The van der Waals surface area contributed by atoms with Crippen LogP contribution in [0.3, 0.4) is 0 Å². The molecule has 2 aromatic carbocycles. The normalized spacial score (nSPS) is 18.2. The summed E-state index contributed by atoms with van der Waals surface area (Å²) in [4.78, 5) is 72.5. The van der Waals surface area contributed by atoms with Crippen molar-refractivity contribution in [3.05, 3.63) is 47.5 Å². The number of hydrogen-bond acceptors (Lipinski definition) is 11. The quantitative estimate of drug-likeness (QED) is 0.241. The van der Waals surface area contributed by atoms with E-state index >= 15 is 0 Å². The lowest BCUT2D eigenvalue weighted by Crippen LogP contribution is -2.55. The van der Waals surface area contributed by atoms with Crippen molar-refractivity contribution in [3.8, 4) is 22.6 Å². The number of hydrogen-bond donors (Lipinski definition) is 3. The van der Waals surface area contributed by atoms with Gasteiger partial charge in [0.2, 0.25) is 23.6 Å². The summed E-state index contributed by atoms with van der Waals surface area (Å²) in [6, 6.07) is 6.06. The van der Waals surface area contributed by atoms with Gasteiger partial charge >= 0.3 is 5.97 Å². The fraction of sp³-hybridized carbons (Fsp3) is 0.564. The van der Waals surface area contributed by atoms with Crippen molar-refractivity contribution >= 4 is 29.6 Å². The van der Waals surface area contributed by atoms with Gasteiger partial charge in [-0.15, -0.1) is 0 Å². The monoisotopic (exact) mass is 754 g/mol. The second-order valence-electron chi connectivity index (χ2n) is 14.9. The summed E-state index contributed by atoms with van der Waals surface area (Å²) in [5.74, 6) is -2.01. The number of likely N-dealkylation sites (N-methyl/N-ethyl adjacent to an activating group) is 3. The molecule has 1 heterocycles. The van der Waals surface area contributed by atoms with E-state index in [2.05, 4.69) is 16.0 Å². The van der Waals surface area contributed by atoms with Crippen LogP contribution in [0.5, 0.6) is 11.5 Å². The Balaban J connectivity index is 2.32. The van der Waals surface area contributed by atoms with Crippen molar-refractivity contribution in [2.75, 3.05) is 75.3 Å². The molecule has 1 aliphatic heterocycles. The zero-order valence-corrected chi connectivity index (χ0v) is 33.5. The summed E-state index contributed by atoms with van der Waals surface area (Å²) in [6.07, 6.45) is 0.0849. The number of methoxy groups -OCH3 is 1. The molecule has 4 amide bonds. The lowest BCUT2D eigenvalue weighted by Gasteiger charge is -2.33. The standard InChI is InChI=1S/C39H58N6O9/c1-24-35(47)42-30(38(50)51-11)21-26-12-14-32(52-18-16-43(6)7)28(20-26)29-22-27(13-15-33(29)53-19-17-44(8)9)34(36(48)40-24)45(10)37(49)31(41-25(2)46)23-54-39(3,4)5/h12-15,20,22,24,30-31,34H,16-19,21,23H2,1-11H3,(H,40,48)(H,41,46)(H,42,47)/t24-,30-,31-,34-/m0/s1. The fourth-order valence-corrected chi connectivity index (χ4v) is 5.67. The van der Waals surface area contributed by atoms with Crippen LogP contribution >= 0.6 is 0 Å². The zero-order chi connectivity index (χ0) is 40.3. The Bertz CT molecular complexity index is 1640. The third-order valence-corrected chi connectivity index (χ3v) is 8.58. The number of ether oxygens (including phenoxy) is 4. The van der Waals surface area contributed by atoms with Gasteiger partial charge in [-0.3, -0.25) is 19.2 Å². The van der Waals surface area contributed by atoms with Crippen molar-refractivity contribution in [2.24, 2.45) is 0 Å². The molecule has 0 fully saturated rings. The van der Waals surface area contributed by atoms with Gasteiger partial charge in [0.05, 0.1) is 19.3 Å². The second-order valence-corrected chi connectivity index (χ2v) is 14.9. The molecule has 3 N–H and O–H groups in total. The highest BCUT2D eigenvalue weighted by atomic mass is 16.5. The van der Waals surface area contributed by atoms with Crippen LogP contribution in [0.2, 0.25) is 0 Å². The van der Waals surface area contributed by atoms with E-state index in [9.17, 15) is 24.0 Å². The Hall–Kier alpha value is -4.73. The molecule has 4 bridgehead atoms. The fourth-order valence-electron chi connectivity index (χ4n) is 5.67. The van der Waals surface area contributed by atoms with Crippen LogP contribution in [0, 0.1) is 0 Å². The first-order valence-corrected chi connectivity index (χ1v) is 18.0. The summed E-state index contributed by atoms with van der Waals surface area (Å²) in [5.41, 5.74) is 1.65. The van der Waals surface area contributed by atoms with Crippen LogP contribution in [0.15, 0.2) is 36.4 Å². The van der Waals surface area contributed by atoms with Gasteiger partial charge in [-0.2, -0.15) is 0 Å². The SMILES string of the molecule is COC(=O)[C@@H]1Cc2ccc(OCCN(C)C)c(c2)-c2cc(ccc2OCCN(C)C)[C@H](N(C)C(=O)[C@H](COC(C)(C)C)NC(C)=O)C(=O)N[C@@H](C)C(=O)N1. The van der Waals surface area contributed by atoms with Gasteiger partial charge in [0.1, 0.15) is 48.9 Å². The Labute approximate surface area is 319 Å². The zero-order valence-electron chi connectivity index (χ0n) is 33.5. The van der Waals surface area contributed by atoms with Crippen molar-refractivity contribution < 1.29 is 42.9 Å². The van der Waals surface area contributed by atoms with Gasteiger partial charge in [-0.25, -0.2) is 4.79 Å². The van der Waals surface area contributed by atoms with E-state index in [0.29, 0.717) is 60.1 Å². The third-order valence-electron chi connectivity index (χ3n) is 8.58. The molecule has 15 nitrogen and oxygen atoms in total. The van der Waals surface area contributed by atoms with Crippen molar-refractivity contribution in [2.45, 2.75) is 70.8 Å². The van der Waals surface area contributed by atoms with Gasteiger partial charge in [0, 0.05) is 44.6 Å². The Morgan fingerprint density at radius 3 is 1.98 bits per heavy atom. The first-order valence-electron chi connectivity index (χ1n) is 18.0. The van der Waals surface area contributed by atoms with Crippen LogP contribution in [-0.4, -0.2) is 143 Å². The smallest absolute Gasteiger partial charge is 0.328 e. The Kier molecular flexibility index (Phi) is 15.8.